The summed E-state index contributed by atoms with van der Waals surface area (Å²) in [6.45, 7) is 1.99. The summed E-state index contributed by atoms with van der Waals surface area (Å²) in [5.74, 6) is 0. The SMILES string of the molecule is CC1=C(Cl)NC2=C(CCCC2)N1. The molecule has 0 atom stereocenters. The molecule has 2 N–H and O–H groups in total. The van der Waals surface area contributed by atoms with E-state index < -0.39 is 0 Å². The van der Waals surface area contributed by atoms with Crippen molar-refractivity contribution in [1.82, 2.24) is 10.6 Å². The van der Waals surface area contributed by atoms with Crippen molar-refractivity contribution >= 4 is 11.6 Å². The fourth-order valence-corrected chi connectivity index (χ4v) is 1.85. The summed E-state index contributed by atoms with van der Waals surface area (Å²) in [5.41, 5.74) is 3.66. The van der Waals surface area contributed by atoms with Crippen LogP contribution in [0.5, 0.6) is 0 Å². The Morgan fingerprint density at radius 2 is 1.67 bits per heavy atom. The van der Waals surface area contributed by atoms with Crippen LogP contribution < -0.4 is 10.6 Å². The number of allylic oxidation sites excluding steroid dienone is 3. The van der Waals surface area contributed by atoms with Gasteiger partial charge >= 0.3 is 0 Å². The van der Waals surface area contributed by atoms with E-state index in [4.69, 9.17) is 11.6 Å². The van der Waals surface area contributed by atoms with E-state index >= 15 is 0 Å². The van der Waals surface area contributed by atoms with Crippen molar-refractivity contribution in [1.29, 1.82) is 0 Å². The molecular formula is C9H13ClN2. The van der Waals surface area contributed by atoms with Gasteiger partial charge in [0.1, 0.15) is 5.16 Å². The molecule has 1 aliphatic heterocycles. The standard InChI is InChI=1S/C9H13ClN2/c1-6-9(10)12-8-5-3-2-4-7(8)11-6/h11-12H,2-5H2,1H3. The molecule has 0 aromatic heterocycles. The molecule has 0 radical (unpaired) electrons. The third-order valence-corrected chi connectivity index (χ3v) is 2.77. The van der Waals surface area contributed by atoms with Crippen LogP contribution in [-0.4, -0.2) is 0 Å². The van der Waals surface area contributed by atoms with Crippen LogP contribution >= 0.6 is 11.6 Å². The predicted octanol–water partition coefficient (Wildman–Crippen LogP) is 2.39. The normalized spacial score (nSPS) is 23.2. The fraction of sp³-hybridized carbons (Fsp3) is 0.556. The van der Waals surface area contributed by atoms with Crippen LogP contribution in [0.4, 0.5) is 0 Å². The maximum Gasteiger partial charge on any atom is 0.125 e. The smallest absolute Gasteiger partial charge is 0.125 e. The van der Waals surface area contributed by atoms with Gasteiger partial charge in [0.05, 0.1) is 0 Å². The molecule has 2 aliphatic rings. The van der Waals surface area contributed by atoms with Gasteiger partial charge in [0.15, 0.2) is 0 Å². The van der Waals surface area contributed by atoms with Gasteiger partial charge in [-0.15, -0.1) is 0 Å². The lowest BCUT2D eigenvalue weighted by Crippen LogP contribution is -2.29. The molecule has 0 unspecified atom stereocenters. The molecule has 0 saturated heterocycles. The second kappa shape index (κ2) is 3.02. The highest BCUT2D eigenvalue weighted by Crippen LogP contribution is 2.26. The summed E-state index contributed by atoms with van der Waals surface area (Å²) >= 11 is 5.96. The van der Waals surface area contributed by atoms with Gasteiger partial charge in [0.25, 0.3) is 0 Å². The highest BCUT2D eigenvalue weighted by Gasteiger charge is 2.18. The molecule has 66 valence electrons. The minimum atomic E-state index is 0.746. The van der Waals surface area contributed by atoms with Gasteiger partial charge in [-0.05, 0) is 32.6 Å². The number of hydrogen-bond donors (Lipinski definition) is 2. The topological polar surface area (TPSA) is 24.1 Å². The minimum absolute atomic E-state index is 0.746. The quantitative estimate of drug-likeness (QED) is 0.565. The van der Waals surface area contributed by atoms with Crippen molar-refractivity contribution in [3.63, 3.8) is 0 Å². The van der Waals surface area contributed by atoms with Crippen molar-refractivity contribution in [2.24, 2.45) is 0 Å². The number of nitrogens with one attached hydrogen (secondary N) is 2. The average Bonchev–Trinajstić information content (AvgIpc) is 2.07. The summed E-state index contributed by atoms with van der Waals surface area (Å²) in [6, 6.07) is 0. The average molecular weight is 185 g/mol. The molecule has 0 amide bonds. The lowest BCUT2D eigenvalue weighted by Gasteiger charge is -2.27. The first-order valence-corrected chi connectivity index (χ1v) is 4.77. The molecule has 1 aliphatic carbocycles. The van der Waals surface area contributed by atoms with Crippen LogP contribution in [0.2, 0.25) is 0 Å². The van der Waals surface area contributed by atoms with Crippen LogP contribution in [0, 0.1) is 0 Å². The van der Waals surface area contributed by atoms with Gasteiger partial charge in [-0.2, -0.15) is 0 Å². The van der Waals surface area contributed by atoms with Crippen molar-refractivity contribution in [3.05, 3.63) is 22.2 Å². The molecule has 2 rings (SSSR count). The number of rotatable bonds is 0. The Morgan fingerprint density at radius 1 is 1.08 bits per heavy atom. The molecular weight excluding hydrogens is 172 g/mol. The van der Waals surface area contributed by atoms with E-state index in [1.807, 2.05) is 6.92 Å². The van der Waals surface area contributed by atoms with Gasteiger partial charge in [-0.3, -0.25) is 0 Å². The lowest BCUT2D eigenvalue weighted by atomic mass is 10.00. The lowest BCUT2D eigenvalue weighted by molar-refractivity contribution is 0.597. The zero-order chi connectivity index (χ0) is 8.55. The van der Waals surface area contributed by atoms with E-state index in [1.165, 1.54) is 24.2 Å². The van der Waals surface area contributed by atoms with Gasteiger partial charge in [-0.1, -0.05) is 11.6 Å². The zero-order valence-electron chi connectivity index (χ0n) is 7.21. The Labute approximate surface area is 77.7 Å². The Hall–Kier alpha value is -0.630. The van der Waals surface area contributed by atoms with Gasteiger partial charge < -0.3 is 10.6 Å². The van der Waals surface area contributed by atoms with Crippen LogP contribution in [-0.2, 0) is 0 Å². The molecule has 2 nitrogen and oxygen atoms in total. The third kappa shape index (κ3) is 1.31. The largest absolute Gasteiger partial charge is 0.359 e. The molecule has 0 aromatic rings. The van der Waals surface area contributed by atoms with Crippen molar-refractivity contribution in [2.75, 3.05) is 0 Å². The highest BCUT2D eigenvalue weighted by molar-refractivity contribution is 6.29. The first-order valence-electron chi connectivity index (χ1n) is 4.40. The third-order valence-electron chi connectivity index (χ3n) is 2.40. The Kier molecular flexibility index (Phi) is 2.01. The Bertz CT molecular complexity index is 240. The van der Waals surface area contributed by atoms with Crippen LogP contribution in [0.3, 0.4) is 0 Å². The maximum atomic E-state index is 5.96. The maximum absolute atomic E-state index is 5.96. The van der Waals surface area contributed by atoms with Crippen molar-refractivity contribution in [3.8, 4) is 0 Å². The van der Waals surface area contributed by atoms with E-state index in [0.717, 1.165) is 23.7 Å². The van der Waals surface area contributed by atoms with Gasteiger partial charge in [-0.25, -0.2) is 0 Å². The van der Waals surface area contributed by atoms with Crippen molar-refractivity contribution < 1.29 is 0 Å². The van der Waals surface area contributed by atoms with Gasteiger partial charge in [0.2, 0.25) is 0 Å². The molecule has 1 heterocycles. The number of hydrogen-bond acceptors (Lipinski definition) is 2. The van der Waals surface area contributed by atoms with Crippen LogP contribution in [0.15, 0.2) is 22.2 Å². The minimum Gasteiger partial charge on any atom is -0.359 e. The summed E-state index contributed by atoms with van der Waals surface area (Å²) in [6.07, 6.45) is 4.85. The van der Waals surface area contributed by atoms with E-state index in [-0.39, 0.29) is 0 Å². The van der Waals surface area contributed by atoms with Crippen LogP contribution in [0.1, 0.15) is 32.6 Å². The summed E-state index contributed by atoms with van der Waals surface area (Å²) in [4.78, 5) is 0. The second-order valence-electron chi connectivity index (χ2n) is 3.35. The van der Waals surface area contributed by atoms with E-state index in [1.54, 1.807) is 0 Å². The second-order valence-corrected chi connectivity index (χ2v) is 3.73. The monoisotopic (exact) mass is 184 g/mol. The van der Waals surface area contributed by atoms with Crippen molar-refractivity contribution in [2.45, 2.75) is 32.6 Å². The van der Waals surface area contributed by atoms with E-state index in [9.17, 15) is 0 Å². The van der Waals surface area contributed by atoms with E-state index in [0.29, 0.717) is 0 Å². The molecule has 0 spiro atoms. The molecule has 12 heavy (non-hydrogen) atoms. The highest BCUT2D eigenvalue weighted by atomic mass is 35.5. The molecule has 3 heteroatoms. The summed E-state index contributed by atoms with van der Waals surface area (Å²) in [7, 11) is 0. The molecule has 0 saturated carbocycles. The fourth-order valence-electron chi connectivity index (χ4n) is 1.69. The Morgan fingerprint density at radius 3 is 2.33 bits per heavy atom. The summed E-state index contributed by atoms with van der Waals surface area (Å²) < 4.78 is 0. The first-order chi connectivity index (χ1) is 5.77. The predicted molar refractivity (Wildman–Crippen MR) is 50.3 cm³/mol. The number of halogens is 1. The van der Waals surface area contributed by atoms with Gasteiger partial charge in [0, 0.05) is 17.1 Å². The molecule has 0 bridgehead atoms. The van der Waals surface area contributed by atoms with Crippen LogP contribution in [0.25, 0.3) is 0 Å². The molecule has 0 fully saturated rings. The van der Waals surface area contributed by atoms with E-state index in [2.05, 4.69) is 10.6 Å². The first kappa shape index (κ1) is 7.99. The summed E-state index contributed by atoms with van der Waals surface area (Å²) in [5, 5.41) is 7.31. The Balaban J connectivity index is 2.20. The zero-order valence-corrected chi connectivity index (χ0v) is 7.96. The molecule has 0 aromatic carbocycles.